The Morgan fingerprint density at radius 1 is 1.29 bits per heavy atom. The number of hydrogen-bond donors (Lipinski definition) is 0. The van der Waals surface area contributed by atoms with Gasteiger partial charge in [0.25, 0.3) is 0 Å². The smallest absolute Gasteiger partial charge is 0.361 e. The third kappa shape index (κ3) is 6.35. The topological polar surface area (TPSA) is 18.5 Å². The molecule has 0 rings (SSSR count). The summed E-state index contributed by atoms with van der Waals surface area (Å²) in [5.41, 5.74) is 1.86. The second kappa shape index (κ2) is 7.21. The second-order valence-corrected chi connectivity index (χ2v) is 7.12. The van der Waals surface area contributed by atoms with Crippen molar-refractivity contribution in [2.45, 2.75) is 40.2 Å². The van der Waals surface area contributed by atoms with E-state index in [4.69, 9.17) is 8.85 Å². The SMILES string of the molecule is C=C[Si](C)(OCCC)OCCC(C)C. The zero-order valence-corrected chi connectivity index (χ0v) is 11.0. The summed E-state index contributed by atoms with van der Waals surface area (Å²) in [6.07, 6.45) is 2.12. The van der Waals surface area contributed by atoms with Crippen molar-refractivity contribution >= 4 is 8.56 Å². The molecule has 0 amide bonds. The van der Waals surface area contributed by atoms with Gasteiger partial charge >= 0.3 is 8.56 Å². The lowest BCUT2D eigenvalue weighted by atomic mass is 10.2. The summed E-state index contributed by atoms with van der Waals surface area (Å²) in [5.74, 6) is 0.684. The summed E-state index contributed by atoms with van der Waals surface area (Å²) >= 11 is 0. The molecule has 0 radical (unpaired) electrons. The van der Waals surface area contributed by atoms with Gasteiger partial charge < -0.3 is 8.85 Å². The van der Waals surface area contributed by atoms with Gasteiger partial charge in [0.2, 0.25) is 0 Å². The highest BCUT2D eigenvalue weighted by Crippen LogP contribution is 2.11. The molecule has 1 unspecified atom stereocenters. The summed E-state index contributed by atoms with van der Waals surface area (Å²) in [6, 6.07) is 0. The first-order chi connectivity index (χ1) is 6.54. The van der Waals surface area contributed by atoms with Crippen LogP contribution in [0.15, 0.2) is 12.3 Å². The van der Waals surface area contributed by atoms with Crippen molar-refractivity contribution in [3.63, 3.8) is 0 Å². The molecule has 0 saturated heterocycles. The van der Waals surface area contributed by atoms with Crippen molar-refractivity contribution < 1.29 is 8.85 Å². The molecule has 0 aliphatic rings. The van der Waals surface area contributed by atoms with Crippen molar-refractivity contribution in [3.05, 3.63) is 12.3 Å². The van der Waals surface area contributed by atoms with Crippen LogP contribution in [0.25, 0.3) is 0 Å². The minimum absolute atomic E-state index is 0.684. The molecule has 2 nitrogen and oxygen atoms in total. The Labute approximate surface area is 89.6 Å². The van der Waals surface area contributed by atoms with E-state index in [1.807, 2.05) is 5.70 Å². The van der Waals surface area contributed by atoms with Gasteiger partial charge in [0.1, 0.15) is 0 Å². The Morgan fingerprint density at radius 3 is 2.29 bits per heavy atom. The molecule has 0 aliphatic heterocycles. The highest BCUT2D eigenvalue weighted by molar-refractivity contribution is 6.71. The van der Waals surface area contributed by atoms with Crippen LogP contribution in [0, 0.1) is 5.92 Å². The van der Waals surface area contributed by atoms with Crippen molar-refractivity contribution in [1.82, 2.24) is 0 Å². The molecular weight excluding hydrogens is 192 g/mol. The van der Waals surface area contributed by atoms with Crippen molar-refractivity contribution in [3.8, 4) is 0 Å². The normalized spacial score (nSPS) is 15.5. The van der Waals surface area contributed by atoms with Crippen molar-refractivity contribution in [1.29, 1.82) is 0 Å². The Hall–Kier alpha value is -0.123. The maximum atomic E-state index is 5.79. The fraction of sp³-hybridized carbons (Fsp3) is 0.818. The van der Waals surface area contributed by atoms with E-state index in [0.29, 0.717) is 5.92 Å². The van der Waals surface area contributed by atoms with Gasteiger partial charge in [-0.3, -0.25) is 0 Å². The fourth-order valence-corrected chi connectivity index (χ4v) is 2.41. The third-order valence-corrected chi connectivity index (χ3v) is 4.34. The van der Waals surface area contributed by atoms with Crippen molar-refractivity contribution in [2.24, 2.45) is 5.92 Å². The van der Waals surface area contributed by atoms with E-state index in [1.54, 1.807) is 0 Å². The molecule has 0 bridgehead atoms. The first-order valence-corrected chi connectivity index (χ1v) is 7.85. The lowest BCUT2D eigenvalue weighted by Crippen LogP contribution is -2.37. The molecule has 0 aromatic rings. The Balaban J connectivity index is 3.80. The maximum absolute atomic E-state index is 5.79. The molecular formula is C11H24O2Si. The van der Waals surface area contributed by atoms with Crippen LogP contribution in [-0.2, 0) is 8.85 Å². The largest absolute Gasteiger partial charge is 0.391 e. The average molecular weight is 216 g/mol. The van der Waals surface area contributed by atoms with Gasteiger partial charge in [-0.05, 0) is 31.0 Å². The predicted octanol–water partition coefficient (Wildman–Crippen LogP) is 3.27. The van der Waals surface area contributed by atoms with Gasteiger partial charge in [0.05, 0.1) is 0 Å². The van der Waals surface area contributed by atoms with Crippen molar-refractivity contribution in [2.75, 3.05) is 13.2 Å². The van der Waals surface area contributed by atoms with E-state index < -0.39 is 8.56 Å². The Morgan fingerprint density at radius 2 is 1.86 bits per heavy atom. The number of hydrogen-bond acceptors (Lipinski definition) is 2. The van der Waals surface area contributed by atoms with E-state index in [9.17, 15) is 0 Å². The van der Waals surface area contributed by atoms with E-state index in [1.165, 1.54) is 0 Å². The van der Waals surface area contributed by atoms with Crippen LogP contribution in [0.5, 0.6) is 0 Å². The molecule has 0 fully saturated rings. The monoisotopic (exact) mass is 216 g/mol. The number of rotatable bonds is 8. The zero-order chi connectivity index (χ0) is 11.0. The second-order valence-electron chi connectivity index (χ2n) is 4.10. The molecule has 3 heteroatoms. The molecule has 14 heavy (non-hydrogen) atoms. The molecule has 0 N–H and O–H groups in total. The van der Waals surface area contributed by atoms with Crippen LogP contribution in [0.3, 0.4) is 0 Å². The zero-order valence-electron chi connectivity index (χ0n) is 10.0. The molecule has 0 spiro atoms. The predicted molar refractivity (Wildman–Crippen MR) is 63.5 cm³/mol. The quantitative estimate of drug-likeness (QED) is 0.580. The van der Waals surface area contributed by atoms with E-state index in [0.717, 1.165) is 26.1 Å². The van der Waals surface area contributed by atoms with Crippen LogP contribution in [0.1, 0.15) is 33.6 Å². The highest BCUT2D eigenvalue weighted by Gasteiger charge is 2.26. The molecule has 0 heterocycles. The average Bonchev–Trinajstić information content (AvgIpc) is 2.14. The summed E-state index contributed by atoms with van der Waals surface area (Å²) in [7, 11) is -2.05. The maximum Gasteiger partial charge on any atom is 0.361 e. The van der Waals surface area contributed by atoms with Crippen LogP contribution in [-0.4, -0.2) is 21.8 Å². The minimum atomic E-state index is -2.05. The Kier molecular flexibility index (Phi) is 7.14. The summed E-state index contributed by atoms with van der Waals surface area (Å²) in [5, 5.41) is 0. The van der Waals surface area contributed by atoms with E-state index in [2.05, 4.69) is 33.9 Å². The van der Waals surface area contributed by atoms with Crippen LogP contribution >= 0.6 is 0 Å². The van der Waals surface area contributed by atoms with Crippen LogP contribution in [0.2, 0.25) is 6.55 Å². The van der Waals surface area contributed by atoms with Gasteiger partial charge in [0.15, 0.2) is 0 Å². The van der Waals surface area contributed by atoms with Crippen LogP contribution < -0.4 is 0 Å². The molecule has 0 saturated carbocycles. The van der Waals surface area contributed by atoms with Crippen LogP contribution in [0.4, 0.5) is 0 Å². The molecule has 0 aromatic heterocycles. The van der Waals surface area contributed by atoms with E-state index in [-0.39, 0.29) is 0 Å². The highest BCUT2D eigenvalue weighted by atomic mass is 28.4. The van der Waals surface area contributed by atoms with Gasteiger partial charge in [-0.15, -0.1) is 6.58 Å². The molecule has 1 atom stereocenters. The summed E-state index contributed by atoms with van der Waals surface area (Å²) in [4.78, 5) is 0. The Bertz CT molecular complexity index is 159. The van der Waals surface area contributed by atoms with Gasteiger partial charge in [-0.25, -0.2) is 0 Å². The van der Waals surface area contributed by atoms with Gasteiger partial charge in [-0.2, -0.15) is 0 Å². The molecule has 0 aromatic carbocycles. The fourth-order valence-electron chi connectivity index (χ4n) is 0.962. The van der Waals surface area contributed by atoms with Gasteiger partial charge in [0, 0.05) is 13.2 Å². The van der Waals surface area contributed by atoms with E-state index >= 15 is 0 Å². The molecule has 0 aliphatic carbocycles. The first-order valence-electron chi connectivity index (χ1n) is 5.45. The van der Waals surface area contributed by atoms with Gasteiger partial charge in [-0.1, -0.05) is 20.8 Å². The standard InChI is InChI=1S/C11H24O2Si/c1-6-9-12-14(5,7-2)13-10-8-11(3)4/h7,11H,2,6,8-10H2,1,3-5H3. The lowest BCUT2D eigenvalue weighted by Gasteiger charge is -2.23. The first kappa shape index (κ1) is 13.9. The third-order valence-electron chi connectivity index (χ3n) is 2.05. The minimum Gasteiger partial charge on any atom is -0.391 e. The molecule has 84 valence electrons. The summed E-state index contributed by atoms with van der Waals surface area (Å²) < 4.78 is 11.5. The lowest BCUT2D eigenvalue weighted by molar-refractivity contribution is 0.176. The summed E-state index contributed by atoms with van der Waals surface area (Å²) in [6.45, 7) is 13.9.